The van der Waals surface area contributed by atoms with Gasteiger partial charge in [-0.05, 0) is 13.0 Å². The summed E-state index contributed by atoms with van der Waals surface area (Å²) < 4.78 is 5.16. The highest BCUT2D eigenvalue weighted by molar-refractivity contribution is 5.77. The Morgan fingerprint density at radius 3 is 2.20 bits per heavy atom. The van der Waals surface area contributed by atoms with Crippen LogP contribution in [0, 0.1) is 0 Å². The van der Waals surface area contributed by atoms with Gasteiger partial charge in [-0.25, -0.2) is 0 Å². The molecule has 2 saturated heterocycles. The van der Waals surface area contributed by atoms with Crippen molar-refractivity contribution in [3.63, 3.8) is 0 Å². The molecule has 0 bridgehead atoms. The van der Waals surface area contributed by atoms with Crippen molar-refractivity contribution in [3.8, 4) is 0 Å². The summed E-state index contributed by atoms with van der Waals surface area (Å²) in [6.45, 7) is 8.40. The molecule has 2 fully saturated rings. The molecule has 0 atom stereocenters. The van der Waals surface area contributed by atoms with Crippen LogP contribution in [0.1, 0.15) is 19.8 Å². The van der Waals surface area contributed by atoms with E-state index in [4.69, 9.17) is 4.74 Å². The molecule has 15 heavy (non-hydrogen) atoms. The van der Waals surface area contributed by atoms with Crippen LogP contribution in [0.25, 0.3) is 0 Å². The molecule has 4 heteroatoms. The summed E-state index contributed by atoms with van der Waals surface area (Å²) in [5.41, 5.74) is 0. The van der Waals surface area contributed by atoms with Gasteiger partial charge in [0.1, 0.15) is 0 Å². The van der Waals surface area contributed by atoms with Gasteiger partial charge in [0, 0.05) is 33.1 Å². The number of morpholine rings is 1. The summed E-state index contributed by atoms with van der Waals surface area (Å²) in [4.78, 5) is 14.7. The maximum Gasteiger partial charge on any atom is 0.222 e. The van der Waals surface area contributed by atoms with Gasteiger partial charge in [0.15, 0.2) is 0 Å². The first kappa shape index (κ1) is 12.5. The van der Waals surface area contributed by atoms with E-state index >= 15 is 0 Å². The Balaban J connectivity index is 0.000000151. The number of amides is 1. The van der Waals surface area contributed by atoms with Gasteiger partial charge in [-0.1, -0.05) is 6.92 Å². The molecular weight excluding hydrogens is 192 g/mol. The van der Waals surface area contributed by atoms with Gasteiger partial charge >= 0.3 is 0 Å². The normalized spacial score (nSPS) is 22.5. The molecule has 0 unspecified atom stereocenters. The topological polar surface area (TPSA) is 32.8 Å². The zero-order valence-corrected chi connectivity index (χ0v) is 9.87. The molecule has 1 amide bonds. The quantitative estimate of drug-likeness (QED) is 0.640. The third-order valence-corrected chi connectivity index (χ3v) is 2.86. The molecule has 0 aromatic carbocycles. The monoisotopic (exact) mass is 214 g/mol. The second-order valence-electron chi connectivity index (χ2n) is 3.97. The predicted molar refractivity (Wildman–Crippen MR) is 59.8 cm³/mol. The number of rotatable bonds is 1. The Bertz CT molecular complexity index is 191. The Morgan fingerprint density at radius 1 is 1.27 bits per heavy atom. The molecular formula is C11H22N2O2. The van der Waals surface area contributed by atoms with Gasteiger partial charge < -0.3 is 9.64 Å². The first-order chi connectivity index (χ1) is 7.24. The lowest BCUT2D eigenvalue weighted by atomic mass is 10.4. The van der Waals surface area contributed by atoms with Crippen molar-refractivity contribution in [1.29, 1.82) is 0 Å². The van der Waals surface area contributed by atoms with Crippen LogP contribution in [-0.4, -0.2) is 62.1 Å². The lowest BCUT2D eigenvalue weighted by Gasteiger charge is -2.24. The summed E-state index contributed by atoms with van der Waals surface area (Å²) >= 11 is 0. The Hall–Kier alpha value is -0.610. The summed E-state index contributed by atoms with van der Waals surface area (Å²) in [7, 11) is 1.84. The lowest BCUT2D eigenvalue weighted by molar-refractivity contribution is -0.126. The number of nitrogens with zero attached hydrogens (tertiary/aromatic N) is 2. The molecule has 0 saturated carbocycles. The summed E-state index contributed by atoms with van der Waals surface area (Å²) in [6.07, 6.45) is 1.81. The molecule has 4 nitrogen and oxygen atoms in total. The van der Waals surface area contributed by atoms with Gasteiger partial charge in [0.2, 0.25) is 5.91 Å². The minimum atomic E-state index is 0.292. The Morgan fingerprint density at radius 2 is 1.93 bits per heavy atom. The number of likely N-dealkylation sites (tertiary alicyclic amines) is 1. The van der Waals surface area contributed by atoms with Gasteiger partial charge in [0.05, 0.1) is 13.2 Å². The van der Waals surface area contributed by atoms with Gasteiger partial charge in [0.25, 0.3) is 0 Å². The summed E-state index contributed by atoms with van der Waals surface area (Å²) in [5.74, 6) is 0.292. The largest absolute Gasteiger partial charge is 0.379 e. The number of carbonyl (C=O) groups excluding carboxylic acids is 1. The first-order valence-corrected chi connectivity index (χ1v) is 5.78. The fraction of sp³-hybridized carbons (Fsp3) is 0.909. The maximum absolute atomic E-state index is 10.5. The van der Waals surface area contributed by atoms with Gasteiger partial charge in [-0.3, -0.25) is 9.69 Å². The molecule has 0 N–H and O–H groups in total. The SMILES string of the molecule is CCN1CCOCC1.CN1CCCC1=O. The van der Waals surface area contributed by atoms with Crippen LogP contribution >= 0.6 is 0 Å². The number of hydrogen-bond donors (Lipinski definition) is 0. The van der Waals surface area contributed by atoms with E-state index in [0.717, 1.165) is 45.7 Å². The highest BCUT2D eigenvalue weighted by Crippen LogP contribution is 2.04. The van der Waals surface area contributed by atoms with Crippen LogP contribution in [0.5, 0.6) is 0 Å². The summed E-state index contributed by atoms with van der Waals surface area (Å²) in [6, 6.07) is 0. The number of likely N-dealkylation sites (N-methyl/N-ethyl adjacent to an activating group) is 1. The Kier molecular flexibility index (Phi) is 5.65. The van der Waals surface area contributed by atoms with Crippen LogP contribution in [0.3, 0.4) is 0 Å². The average Bonchev–Trinajstić information content (AvgIpc) is 2.65. The first-order valence-electron chi connectivity index (χ1n) is 5.78. The third kappa shape index (κ3) is 4.62. The molecule has 2 heterocycles. The van der Waals surface area contributed by atoms with Crippen LogP contribution < -0.4 is 0 Å². The zero-order valence-electron chi connectivity index (χ0n) is 9.87. The van der Waals surface area contributed by atoms with Crippen molar-refractivity contribution in [2.24, 2.45) is 0 Å². The predicted octanol–water partition coefficient (Wildman–Crippen LogP) is 0.577. The van der Waals surface area contributed by atoms with Crippen molar-refractivity contribution in [1.82, 2.24) is 9.80 Å². The fourth-order valence-electron chi connectivity index (χ4n) is 1.70. The van der Waals surface area contributed by atoms with Crippen molar-refractivity contribution >= 4 is 5.91 Å². The molecule has 0 aromatic rings. The molecule has 88 valence electrons. The van der Waals surface area contributed by atoms with E-state index in [1.165, 1.54) is 6.54 Å². The van der Waals surface area contributed by atoms with E-state index in [2.05, 4.69) is 11.8 Å². The zero-order chi connectivity index (χ0) is 11.1. The molecule has 2 aliphatic rings. The minimum absolute atomic E-state index is 0.292. The lowest BCUT2D eigenvalue weighted by Crippen LogP contribution is -2.35. The van der Waals surface area contributed by atoms with Gasteiger partial charge in [-0.2, -0.15) is 0 Å². The van der Waals surface area contributed by atoms with Crippen LogP contribution in [-0.2, 0) is 9.53 Å². The van der Waals surface area contributed by atoms with Crippen molar-refractivity contribution < 1.29 is 9.53 Å². The number of hydrogen-bond acceptors (Lipinski definition) is 3. The average molecular weight is 214 g/mol. The fourth-order valence-corrected chi connectivity index (χ4v) is 1.70. The van der Waals surface area contributed by atoms with E-state index in [0.29, 0.717) is 5.91 Å². The van der Waals surface area contributed by atoms with Crippen LogP contribution in [0.2, 0.25) is 0 Å². The maximum atomic E-state index is 10.5. The number of carbonyl (C=O) groups is 1. The molecule has 0 spiro atoms. The Labute approximate surface area is 92.2 Å². The smallest absolute Gasteiger partial charge is 0.222 e. The molecule has 0 aromatic heterocycles. The second kappa shape index (κ2) is 6.80. The van der Waals surface area contributed by atoms with E-state index in [9.17, 15) is 4.79 Å². The van der Waals surface area contributed by atoms with Crippen molar-refractivity contribution in [2.75, 3.05) is 46.4 Å². The minimum Gasteiger partial charge on any atom is -0.379 e. The van der Waals surface area contributed by atoms with Gasteiger partial charge in [-0.15, -0.1) is 0 Å². The highest BCUT2D eigenvalue weighted by Gasteiger charge is 2.14. The van der Waals surface area contributed by atoms with Crippen molar-refractivity contribution in [3.05, 3.63) is 0 Å². The van der Waals surface area contributed by atoms with E-state index in [-0.39, 0.29) is 0 Å². The van der Waals surface area contributed by atoms with E-state index < -0.39 is 0 Å². The number of ether oxygens (including phenoxy) is 1. The third-order valence-electron chi connectivity index (χ3n) is 2.86. The standard InChI is InChI=1S/C6H13NO.C5H9NO/c1-2-7-3-5-8-6-4-7;1-6-4-2-3-5(6)7/h2-6H2,1H3;2-4H2,1H3. The van der Waals surface area contributed by atoms with E-state index in [1.54, 1.807) is 4.90 Å². The molecule has 2 aliphatic heterocycles. The van der Waals surface area contributed by atoms with Crippen LogP contribution in [0.15, 0.2) is 0 Å². The molecule has 0 aliphatic carbocycles. The van der Waals surface area contributed by atoms with E-state index in [1.807, 2.05) is 7.05 Å². The molecule has 2 rings (SSSR count). The second-order valence-corrected chi connectivity index (χ2v) is 3.97. The van der Waals surface area contributed by atoms with Crippen LogP contribution in [0.4, 0.5) is 0 Å². The summed E-state index contributed by atoms with van der Waals surface area (Å²) in [5, 5.41) is 0. The highest BCUT2D eigenvalue weighted by atomic mass is 16.5. The molecule has 0 radical (unpaired) electrons. The van der Waals surface area contributed by atoms with Crippen molar-refractivity contribution in [2.45, 2.75) is 19.8 Å².